The van der Waals surface area contributed by atoms with E-state index >= 15 is 0 Å². The molecule has 1 heterocycles. The monoisotopic (exact) mass is 196 g/mol. The Bertz CT molecular complexity index is 348. The Morgan fingerprint density at radius 3 is 2.93 bits per heavy atom. The van der Waals surface area contributed by atoms with Gasteiger partial charge in [-0.1, -0.05) is 0 Å². The second-order valence-electron chi connectivity index (χ2n) is 3.69. The van der Waals surface area contributed by atoms with Gasteiger partial charge in [0.25, 0.3) is 0 Å². The molecule has 76 valence electrons. The van der Waals surface area contributed by atoms with Gasteiger partial charge in [-0.15, -0.1) is 0 Å². The number of aliphatic hydroxyl groups is 1. The highest BCUT2D eigenvalue weighted by molar-refractivity contribution is 5.50. The maximum atomic E-state index is 13.0. The summed E-state index contributed by atoms with van der Waals surface area (Å²) in [5.74, 6) is -0.366. The van der Waals surface area contributed by atoms with E-state index in [0.717, 1.165) is 6.54 Å². The smallest absolute Gasteiger partial charge is 0.123 e. The van der Waals surface area contributed by atoms with Crippen LogP contribution in [0.1, 0.15) is 12.0 Å². The fourth-order valence-electron chi connectivity index (χ4n) is 1.84. The number of benzene rings is 1. The number of halogens is 1. The maximum Gasteiger partial charge on any atom is 0.123 e. The topological polar surface area (TPSA) is 58.3 Å². The summed E-state index contributed by atoms with van der Waals surface area (Å²) in [6, 6.07) is 4.09. The van der Waals surface area contributed by atoms with Crippen LogP contribution < -0.4 is 11.1 Å². The lowest BCUT2D eigenvalue weighted by Gasteiger charge is -2.23. The molecule has 0 amide bonds. The molecule has 0 radical (unpaired) electrons. The van der Waals surface area contributed by atoms with Crippen molar-refractivity contribution in [3.63, 3.8) is 0 Å². The van der Waals surface area contributed by atoms with E-state index < -0.39 is 5.60 Å². The minimum absolute atomic E-state index is 0.366. The number of nitrogens with two attached hydrogens (primary N) is 1. The Hall–Kier alpha value is -1.13. The van der Waals surface area contributed by atoms with Crippen molar-refractivity contribution < 1.29 is 9.50 Å². The van der Waals surface area contributed by atoms with E-state index in [0.29, 0.717) is 24.2 Å². The molecule has 0 spiro atoms. The van der Waals surface area contributed by atoms with Crippen LogP contribution in [-0.4, -0.2) is 18.2 Å². The molecular formula is C10H13FN2O. The van der Waals surface area contributed by atoms with Crippen LogP contribution in [0.25, 0.3) is 0 Å². The van der Waals surface area contributed by atoms with Gasteiger partial charge in [0.15, 0.2) is 0 Å². The molecule has 1 aliphatic rings. The van der Waals surface area contributed by atoms with E-state index in [1.165, 1.54) is 18.2 Å². The van der Waals surface area contributed by atoms with Crippen LogP contribution >= 0.6 is 0 Å². The van der Waals surface area contributed by atoms with E-state index in [-0.39, 0.29) is 5.82 Å². The van der Waals surface area contributed by atoms with Crippen LogP contribution in [-0.2, 0) is 5.60 Å². The van der Waals surface area contributed by atoms with Crippen LogP contribution in [0.3, 0.4) is 0 Å². The van der Waals surface area contributed by atoms with Gasteiger partial charge in [0.2, 0.25) is 0 Å². The summed E-state index contributed by atoms with van der Waals surface area (Å²) >= 11 is 0. The average molecular weight is 196 g/mol. The summed E-state index contributed by atoms with van der Waals surface area (Å²) in [7, 11) is 0. The minimum atomic E-state index is -1.01. The normalized spacial score (nSPS) is 26.7. The predicted octanol–water partition coefficient (Wildman–Crippen LogP) is 0.589. The molecule has 1 aromatic rings. The van der Waals surface area contributed by atoms with E-state index in [2.05, 4.69) is 5.32 Å². The van der Waals surface area contributed by atoms with Crippen molar-refractivity contribution in [1.82, 2.24) is 5.32 Å². The van der Waals surface area contributed by atoms with Gasteiger partial charge in [-0.3, -0.25) is 0 Å². The van der Waals surface area contributed by atoms with Crippen molar-refractivity contribution in [1.29, 1.82) is 0 Å². The lowest BCUT2D eigenvalue weighted by atomic mass is 9.91. The third-order valence-corrected chi connectivity index (χ3v) is 2.65. The van der Waals surface area contributed by atoms with Crippen LogP contribution in [0.5, 0.6) is 0 Å². The summed E-state index contributed by atoms with van der Waals surface area (Å²) in [5.41, 5.74) is 5.62. The fraction of sp³-hybridized carbons (Fsp3) is 0.400. The second-order valence-corrected chi connectivity index (χ2v) is 3.69. The average Bonchev–Trinajstić information content (AvgIpc) is 2.58. The third-order valence-electron chi connectivity index (χ3n) is 2.65. The molecule has 14 heavy (non-hydrogen) atoms. The van der Waals surface area contributed by atoms with E-state index in [1.54, 1.807) is 0 Å². The molecular weight excluding hydrogens is 183 g/mol. The summed E-state index contributed by atoms with van der Waals surface area (Å²) in [6.45, 7) is 1.16. The number of nitrogen functional groups attached to an aromatic ring is 1. The molecule has 2 rings (SSSR count). The molecule has 0 aromatic heterocycles. The number of anilines is 1. The van der Waals surface area contributed by atoms with Gasteiger partial charge < -0.3 is 16.2 Å². The number of β-amino-alcohol motifs (C(OH)–C–C–N with tert-alkyl or cyclic N) is 1. The van der Waals surface area contributed by atoms with E-state index in [1.807, 2.05) is 0 Å². The van der Waals surface area contributed by atoms with Gasteiger partial charge >= 0.3 is 0 Å². The second kappa shape index (κ2) is 3.22. The van der Waals surface area contributed by atoms with E-state index in [9.17, 15) is 9.50 Å². The molecule has 1 fully saturated rings. The molecule has 1 aliphatic heterocycles. The summed E-state index contributed by atoms with van der Waals surface area (Å²) in [5, 5.41) is 13.2. The van der Waals surface area contributed by atoms with Crippen LogP contribution in [0.4, 0.5) is 10.1 Å². The zero-order chi connectivity index (χ0) is 10.2. The molecule has 4 heteroatoms. The van der Waals surface area contributed by atoms with Crippen LogP contribution in [0.15, 0.2) is 18.2 Å². The van der Waals surface area contributed by atoms with Crippen LogP contribution in [0, 0.1) is 5.82 Å². The Balaban J connectivity index is 2.44. The van der Waals surface area contributed by atoms with Crippen molar-refractivity contribution in [2.45, 2.75) is 12.0 Å². The third kappa shape index (κ3) is 1.47. The number of rotatable bonds is 1. The van der Waals surface area contributed by atoms with Crippen molar-refractivity contribution in [2.24, 2.45) is 0 Å². The molecule has 3 nitrogen and oxygen atoms in total. The minimum Gasteiger partial charge on any atom is -0.398 e. The number of hydrogen-bond donors (Lipinski definition) is 3. The van der Waals surface area contributed by atoms with Crippen molar-refractivity contribution >= 4 is 5.69 Å². The maximum absolute atomic E-state index is 13.0. The van der Waals surface area contributed by atoms with Crippen molar-refractivity contribution in [2.75, 3.05) is 18.8 Å². The first kappa shape index (κ1) is 9.43. The summed E-state index contributed by atoms with van der Waals surface area (Å²) in [6.07, 6.45) is 0.570. The van der Waals surface area contributed by atoms with Gasteiger partial charge in [-0.05, 0) is 31.2 Å². The lowest BCUT2D eigenvalue weighted by Crippen LogP contribution is -2.29. The Morgan fingerprint density at radius 2 is 2.29 bits per heavy atom. The van der Waals surface area contributed by atoms with Gasteiger partial charge in [0.05, 0.1) is 0 Å². The zero-order valence-corrected chi connectivity index (χ0v) is 7.76. The molecule has 0 saturated carbocycles. The molecule has 1 atom stereocenters. The standard InChI is InChI=1S/C10H13FN2O/c11-7-1-2-9(12)8(5-7)10(14)3-4-13-6-10/h1-2,5,13-14H,3-4,6,12H2. The van der Waals surface area contributed by atoms with E-state index in [4.69, 9.17) is 5.73 Å². The molecule has 1 unspecified atom stereocenters. The highest BCUT2D eigenvalue weighted by Crippen LogP contribution is 2.32. The summed E-state index contributed by atoms with van der Waals surface area (Å²) in [4.78, 5) is 0. The van der Waals surface area contributed by atoms with Gasteiger partial charge in [0, 0.05) is 17.8 Å². The molecule has 4 N–H and O–H groups in total. The summed E-state index contributed by atoms with van der Waals surface area (Å²) < 4.78 is 13.0. The van der Waals surface area contributed by atoms with Gasteiger partial charge in [0.1, 0.15) is 11.4 Å². The predicted molar refractivity (Wildman–Crippen MR) is 52.2 cm³/mol. The molecule has 0 aliphatic carbocycles. The first-order valence-electron chi connectivity index (χ1n) is 4.60. The zero-order valence-electron chi connectivity index (χ0n) is 7.76. The SMILES string of the molecule is Nc1ccc(F)cc1C1(O)CCNC1. The van der Waals surface area contributed by atoms with Crippen molar-refractivity contribution in [3.05, 3.63) is 29.6 Å². The number of nitrogens with one attached hydrogen (secondary N) is 1. The quantitative estimate of drug-likeness (QED) is 0.576. The van der Waals surface area contributed by atoms with Gasteiger partial charge in [-0.2, -0.15) is 0 Å². The highest BCUT2D eigenvalue weighted by atomic mass is 19.1. The lowest BCUT2D eigenvalue weighted by molar-refractivity contribution is 0.0592. The number of hydrogen-bond acceptors (Lipinski definition) is 3. The first-order chi connectivity index (χ1) is 6.62. The molecule has 0 bridgehead atoms. The van der Waals surface area contributed by atoms with Crippen LogP contribution in [0.2, 0.25) is 0 Å². The fourth-order valence-corrected chi connectivity index (χ4v) is 1.84. The molecule has 1 saturated heterocycles. The molecule has 1 aromatic carbocycles. The van der Waals surface area contributed by atoms with Gasteiger partial charge in [-0.25, -0.2) is 4.39 Å². The first-order valence-corrected chi connectivity index (χ1v) is 4.60. The Labute approximate surface area is 81.7 Å². The largest absolute Gasteiger partial charge is 0.398 e. The Kier molecular flexibility index (Phi) is 2.17. The van der Waals surface area contributed by atoms with Crippen molar-refractivity contribution in [3.8, 4) is 0 Å². The Morgan fingerprint density at radius 1 is 1.50 bits per heavy atom. The highest BCUT2D eigenvalue weighted by Gasteiger charge is 2.34.